The molecule has 2 aromatic heterocycles. The number of amides is 1. The summed E-state index contributed by atoms with van der Waals surface area (Å²) in [6.07, 6.45) is 2.10. The van der Waals surface area contributed by atoms with Crippen LogP contribution in [0.1, 0.15) is 30.3 Å². The van der Waals surface area contributed by atoms with Crippen molar-refractivity contribution >= 4 is 29.7 Å². The summed E-state index contributed by atoms with van der Waals surface area (Å²) in [4.78, 5) is 16.2. The van der Waals surface area contributed by atoms with Gasteiger partial charge in [0, 0.05) is 13.1 Å². The molecule has 0 saturated carbocycles. The van der Waals surface area contributed by atoms with E-state index in [0.29, 0.717) is 11.6 Å². The van der Waals surface area contributed by atoms with Crippen LogP contribution in [0.25, 0.3) is 16.3 Å². The molecule has 0 spiro atoms. The van der Waals surface area contributed by atoms with Crippen LogP contribution in [0.3, 0.4) is 0 Å². The number of hydrogen-bond acceptors (Lipinski definition) is 4. The number of aromatic nitrogens is 2. The molecule has 1 aliphatic heterocycles. The molecule has 1 aliphatic rings. The zero-order valence-corrected chi connectivity index (χ0v) is 18.2. The first-order chi connectivity index (χ1) is 13.8. The summed E-state index contributed by atoms with van der Waals surface area (Å²) in [5, 5.41) is 10.2. The van der Waals surface area contributed by atoms with Gasteiger partial charge < -0.3 is 10.2 Å². The van der Waals surface area contributed by atoms with Crippen molar-refractivity contribution in [3.05, 3.63) is 59.6 Å². The second kappa shape index (κ2) is 10.1. The van der Waals surface area contributed by atoms with E-state index in [4.69, 9.17) is 5.10 Å². The standard InChI is InChI=1S/C22H26N4OS.ClH/c1-2-23-16-17-10-12-25(13-11-17)22(27)19-15-20(21-9-6-14-28-21)26(24-19)18-7-4-3-5-8-18;/h3-9,14-15,17,23H,2,10-13,16H2,1H3;1H. The lowest BCUT2D eigenvalue weighted by Crippen LogP contribution is -2.41. The highest BCUT2D eigenvalue weighted by Crippen LogP contribution is 2.29. The van der Waals surface area contributed by atoms with Crippen LogP contribution in [0.5, 0.6) is 0 Å². The molecule has 154 valence electrons. The number of rotatable bonds is 6. The smallest absolute Gasteiger partial charge is 0.274 e. The van der Waals surface area contributed by atoms with E-state index in [2.05, 4.69) is 18.3 Å². The van der Waals surface area contributed by atoms with Crippen LogP contribution >= 0.6 is 23.7 Å². The quantitative estimate of drug-likeness (QED) is 0.627. The van der Waals surface area contributed by atoms with Gasteiger partial charge in [0.1, 0.15) is 0 Å². The van der Waals surface area contributed by atoms with Gasteiger partial charge in [0.05, 0.1) is 16.3 Å². The number of hydrogen-bond donors (Lipinski definition) is 1. The van der Waals surface area contributed by atoms with Crippen molar-refractivity contribution in [3.8, 4) is 16.3 Å². The first-order valence-corrected chi connectivity index (χ1v) is 10.8. The summed E-state index contributed by atoms with van der Waals surface area (Å²) < 4.78 is 1.89. The average Bonchev–Trinajstić information content (AvgIpc) is 3.42. The molecule has 29 heavy (non-hydrogen) atoms. The second-order valence-corrected chi connectivity index (χ2v) is 8.13. The zero-order chi connectivity index (χ0) is 19.3. The van der Waals surface area contributed by atoms with Crippen molar-refractivity contribution in [2.45, 2.75) is 19.8 Å². The van der Waals surface area contributed by atoms with E-state index >= 15 is 0 Å². The number of carbonyl (C=O) groups is 1. The summed E-state index contributed by atoms with van der Waals surface area (Å²) in [6.45, 7) is 5.79. The maximum atomic E-state index is 13.1. The van der Waals surface area contributed by atoms with E-state index in [1.165, 1.54) is 0 Å². The number of carbonyl (C=O) groups excluding carboxylic acids is 1. The Hall–Kier alpha value is -2.15. The van der Waals surface area contributed by atoms with Crippen molar-refractivity contribution in [2.24, 2.45) is 5.92 Å². The fourth-order valence-electron chi connectivity index (χ4n) is 3.70. The van der Waals surface area contributed by atoms with Crippen molar-refractivity contribution in [1.29, 1.82) is 0 Å². The monoisotopic (exact) mass is 430 g/mol. The van der Waals surface area contributed by atoms with Gasteiger partial charge >= 0.3 is 0 Å². The minimum atomic E-state index is 0. The predicted octanol–water partition coefficient (Wildman–Crippen LogP) is 4.48. The molecule has 3 aromatic rings. The molecule has 1 fully saturated rings. The molecule has 0 atom stereocenters. The first kappa shape index (κ1) is 21.6. The number of halogens is 1. The number of nitrogens with zero attached hydrogens (tertiary/aromatic N) is 3. The van der Waals surface area contributed by atoms with E-state index in [1.54, 1.807) is 11.3 Å². The molecule has 0 radical (unpaired) electrons. The lowest BCUT2D eigenvalue weighted by Gasteiger charge is -2.31. The molecule has 0 bridgehead atoms. The van der Waals surface area contributed by atoms with Gasteiger partial charge in [-0.25, -0.2) is 4.68 Å². The van der Waals surface area contributed by atoms with Crippen molar-refractivity contribution in [2.75, 3.05) is 26.2 Å². The summed E-state index contributed by atoms with van der Waals surface area (Å²) in [6, 6.07) is 16.0. The Kier molecular flexibility index (Phi) is 7.47. The van der Waals surface area contributed by atoms with Crippen molar-refractivity contribution in [3.63, 3.8) is 0 Å². The van der Waals surface area contributed by atoms with Crippen LogP contribution in [0.4, 0.5) is 0 Å². The molecule has 1 N–H and O–H groups in total. The van der Waals surface area contributed by atoms with Gasteiger partial charge in [0.2, 0.25) is 0 Å². The molecule has 1 aromatic carbocycles. The Morgan fingerprint density at radius 2 is 1.93 bits per heavy atom. The third-order valence-corrected chi connectivity index (χ3v) is 6.18. The van der Waals surface area contributed by atoms with Gasteiger partial charge in [0.15, 0.2) is 5.69 Å². The van der Waals surface area contributed by atoms with Gasteiger partial charge in [-0.2, -0.15) is 5.10 Å². The van der Waals surface area contributed by atoms with Crippen LogP contribution in [-0.4, -0.2) is 46.8 Å². The summed E-state index contributed by atoms with van der Waals surface area (Å²) in [5.74, 6) is 0.696. The fourth-order valence-corrected chi connectivity index (χ4v) is 4.43. The maximum Gasteiger partial charge on any atom is 0.274 e. The lowest BCUT2D eigenvalue weighted by atomic mass is 9.96. The molecule has 5 nitrogen and oxygen atoms in total. The fraction of sp³-hybridized carbons (Fsp3) is 0.364. The van der Waals surface area contributed by atoms with E-state index in [9.17, 15) is 4.79 Å². The van der Waals surface area contributed by atoms with Gasteiger partial charge in [-0.05, 0) is 61.5 Å². The SMILES string of the molecule is CCNCC1CCN(C(=O)c2cc(-c3cccs3)n(-c3ccccc3)n2)CC1.Cl. The topological polar surface area (TPSA) is 50.2 Å². The van der Waals surface area contributed by atoms with E-state index in [1.807, 2.05) is 57.4 Å². The van der Waals surface area contributed by atoms with Crippen molar-refractivity contribution < 1.29 is 4.79 Å². The average molecular weight is 431 g/mol. The van der Waals surface area contributed by atoms with Crippen LogP contribution in [0.15, 0.2) is 53.9 Å². The number of likely N-dealkylation sites (tertiary alicyclic amines) is 1. The van der Waals surface area contributed by atoms with Crippen LogP contribution in [-0.2, 0) is 0 Å². The van der Waals surface area contributed by atoms with Crippen molar-refractivity contribution in [1.82, 2.24) is 20.0 Å². The number of piperidine rings is 1. The van der Waals surface area contributed by atoms with Gasteiger partial charge in [-0.3, -0.25) is 4.79 Å². The third-order valence-electron chi connectivity index (χ3n) is 5.29. The Bertz CT molecular complexity index is 902. The summed E-state index contributed by atoms with van der Waals surface area (Å²) in [5.41, 5.74) is 2.46. The van der Waals surface area contributed by atoms with E-state index in [-0.39, 0.29) is 18.3 Å². The summed E-state index contributed by atoms with van der Waals surface area (Å²) >= 11 is 1.66. The molecule has 4 rings (SSSR count). The predicted molar refractivity (Wildman–Crippen MR) is 121 cm³/mol. The molecular formula is C22H27ClN4OS. The maximum absolute atomic E-state index is 13.1. The number of nitrogens with one attached hydrogen (secondary N) is 1. The molecule has 0 unspecified atom stereocenters. The minimum absolute atomic E-state index is 0. The normalized spacial score (nSPS) is 14.6. The first-order valence-electron chi connectivity index (χ1n) is 9.95. The van der Waals surface area contributed by atoms with Gasteiger partial charge in [0.25, 0.3) is 5.91 Å². The number of para-hydroxylation sites is 1. The number of thiophene rings is 1. The largest absolute Gasteiger partial charge is 0.337 e. The molecule has 7 heteroatoms. The van der Waals surface area contributed by atoms with Crippen LogP contribution < -0.4 is 5.32 Å². The Balaban J connectivity index is 0.00000240. The van der Waals surface area contributed by atoms with Gasteiger partial charge in [-0.1, -0.05) is 31.2 Å². The molecule has 1 amide bonds. The highest BCUT2D eigenvalue weighted by molar-refractivity contribution is 7.13. The van der Waals surface area contributed by atoms with Crippen LogP contribution in [0.2, 0.25) is 0 Å². The summed E-state index contributed by atoms with van der Waals surface area (Å²) in [7, 11) is 0. The molecule has 1 saturated heterocycles. The molecule has 3 heterocycles. The lowest BCUT2D eigenvalue weighted by molar-refractivity contribution is 0.0684. The minimum Gasteiger partial charge on any atom is -0.337 e. The second-order valence-electron chi connectivity index (χ2n) is 7.18. The Morgan fingerprint density at radius 1 is 1.17 bits per heavy atom. The zero-order valence-electron chi connectivity index (χ0n) is 16.6. The highest BCUT2D eigenvalue weighted by Gasteiger charge is 2.26. The van der Waals surface area contributed by atoms with Gasteiger partial charge in [-0.15, -0.1) is 23.7 Å². The molecule has 0 aliphatic carbocycles. The van der Waals surface area contributed by atoms with E-state index in [0.717, 1.165) is 55.3 Å². The van der Waals surface area contributed by atoms with Crippen LogP contribution in [0, 0.1) is 5.92 Å². The third kappa shape index (κ3) is 4.89. The Labute approximate surface area is 182 Å². The number of benzene rings is 1. The molecular weight excluding hydrogens is 404 g/mol. The highest BCUT2D eigenvalue weighted by atomic mass is 35.5. The Morgan fingerprint density at radius 3 is 2.59 bits per heavy atom. The van der Waals surface area contributed by atoms with E-state index < -0.39 is 0 Å².